The van der Waals surface area contributed by atoms with Gasteiger partial charge in [-0.05, 0) is 39.7 Å². The van der Waals surface area contributed by atoms with Gasteiger partial charge in [0, 0.05) is 28.4 Å². The van der Waals surface area contributed by atoms with Gasteiger partial charge in [0.25, 0.3) is 0 Å². The van der Waals surface area contributed by atoms with E-state index in [-0.39, 0.29) is 5.91 Å². The van der Waals surface area contributed by atoms with Crippen LogP contribution in [0.15, 0.2) is 65.5 Å². The monoisotopic (exact) mass is 394 g/mol. The molecule has 0 saturated heterocycles. The van der Waals surface area contributed by atoms with E-state index in [4.69, 9.17) is 0 Å². The van der Waals surface area contributed by atoms with Crippen molar-refractivity contribution in [1.29, 1.82) is 0 Å². The predicted octanol–water partition coefficient (Wildman–Crippen LogP) is 3.50. The maximum atomic E-state index is 12.3. The molecule has 0 fully saturated rings. The van der Waals surface area contributed by atoms with Gasteiger partial charge in [-0.3, -0.25) is 9.78 Å². The van der Waals surface area contributed by atoms with Crippen molar-refractivity contribution in [2.45, 2.75) is 13.0 Å². The lowest BCUT2D eigenvalue weighted by atomic mass is 10.1. The van der Waals surface area contributed by atoms with Crippen LogP contribution in [0, 0.1) is 0 Å². The van der Waals surface area contributed by atoms with Crippen LogP contribution in [0.4, 0.5) is 0 Å². The van der Waals surface area contributed by atoms with Gasteiger partial charge in [-0.1, -0.05) is 24.3 Å². The largest absolute Gasteiger partial charge is 0.350 e. The molecule has 0 aliphatic heterocycles. The highest BCUT2D eigenvalue weighted by atomic mass is 79.9. The number of amides is 1. The van der Waals surface area contributed by atoms with Crippen LogP contribution in [0.1, 0.15) is 11.3 Å². The summed E-state index contributed by atoms with van der Waals surface area (Å²) in [6.07, 6.45) is 5.90. The summed E-state index contributed by atoms with van der Waals surface area (Å²) in [4.78, 5) is 21.2. The van der Waals surface area contributed by atoms with Crippen molar-refractivity contribution in [2.24, 2.45) is 0 Å². The Hall–Kier alpha value is -2.73. The van der Waals surface area contributed by atoms with E-state index in [0.29, 0.717) is 13.0 Å². The SMILES string of the molecule is O=C(Cc1cccc2cccnc12)NCc1cn2cc(Br)ccc2n1. The highest BCUT2D eigenvalue weighted by Gasteiger charge is 2.09. The molecule has 124 valence electrons. The summed E-state index contributed by atoms with van der Waals surface area (Å²) in [5.74, 6) is -0.0450. The zero-order valence-corrected chi connectivity index (χ0v) is 14.9. The summed E-state index contributed by atoms with van der Waals surface area (Å²) < 4.78 is 2.91. The Morgan fingerprint density at radius 3 is 2.92 bits per heavy atom. The van der Waals surface area contributed by atoms with Gasteiger partial charge in [-0.15, -0.1) is 0 Å². The lowest BCUT2D eigenvalue weighted by Crippen LogP contribution is -2.24. The number of nitrogens with one attached hydrogen (secondary N) is 1. The number of para-hydroxylation sites is 1. The first-order valence-electron chi connectivity index (χ1n) is 7.91. The first-order chi connectivity index (χ1) is 12.2. The number of carbonyl (C=O) groups is 1. The fourth-order valence-electron chi connectivity index (χ4n) is 2.84. The number of rotatable bonds is 4. The number of carbonyl (C=O) groups excluding carboxylic acids is 1. The number of hydrogen-bond acceptors (Lipinski definition) is 3. The molecule has 25 heavy (non-hydrogen) atoms. The van der Waals surface area contributed by atoms with Gasteiger partial charge in [0.05, 0.1) is 24.2 Å². The molecule has 0 atom stereocenters. The second-order valence-electron chi connectivity index (χ2n) is 5.79. The quantitative estimate of drug-likeness (QED) is 0.576. The van der Waals surface area contributed by atoms with Crippen molar-refractivity contribution < 1.29 is 4.79 Å². The maximum absolute atomic E-state index is 12.3. The summed E-state index contributed by atoms with van der Waals surface area (Å²) in [6, 6.07) is 13.7. The first kappa shape index (κ1) is 15.8. The fraction of sp³-hybridized carbons (Fsp3) is 0.105. The van der Waals surface area contributed by atoms with Crippen molar-refractivity contribution in [3.05, 3.63) is 76.8 Å². The Labute approximate surface area is 152 Å². The molecule has 1 N–H and O–H groups in total. The Bertz CT molecular complexity index is 1070. The number of nitrogens with zero attached hydrogens (tertiary/aromatic N) is 3. The van der Waals surface area contributed by atoms with Crippen LogP contribution in [0.3, 0.4) is 0 Å². The molecule has 0 radical (unpaired) electrons. The maximum Gasteiger partial charge on any atom is 0.224 e. The van der Waals surface area contributed by atoms with Crippen molar-refractivity contribution in [3.8, 4) is 0 Å². The average Bonchev–Trinajstić information content (AvgIpc) is 3.02. The Morgan fingerprint density at radius 1 is 1.12 bits per heavy atom. The van der Waals surface area contributed by atoms with Gasteiger partial charge >= 0.3 is 0 Å². The molecule has 0 aliphatic carbocycles. The summed E-state index contributed by atoms with van der Waals surface area (Å²) in [5.41, 5.74) is 3.47. The van der Waals surface area contributed by atoms with Crippen molar-refractivity contribution in [1.82, 2.24) is 19.7 Å². The number of aromatic nitrogens is 3. The molecule has 4 rings (SSSR count). The summed E-state index contributed by atoms with van der Waals surface area (Å²) in [5, 5.41) is 3.97. The average molecular weight is 395 g/mol. The second-order valence-corrected chi connectivity index (χ2v) is 6.71. The molecular formula is C19H15BrN4O. The van der Waals surface area contributed by atoms with Gasteiger partial charge < -0.3 is 9.72 Å². The molecule has 1 amide bonds. The number of pyridine rings is 2. The number of hydrogen-bond donors (Lipinski definition) is 1. The minimum atomic E-state index is -0.0450. The lowest BCUT2D eigenvalue weighted by Gasteiger charge is -2.06. The van der Waals surface area contributed by atoms with Crippen LogP contribution < -0.4 is 5.32 Å². The molecule has 0 saturated carbocycles. The summed E-state index contributed by atoms with van der Waals surface area (Å²) >= 11 is 3.44. The fourth-order valence-corrected chi connectivity index (χ4v) is 3.19. The van der Waals surface area contributed by atoms with E-state index < -0.39 is 0 Å². The molecule has 5 nitrogen and oxygen atoms in total. The van der Waals surface area contributed by atoms with Crippen LogP contribution >= 0.6 is 15.9 Å². The Balaban J connectivity index is 1.46. The summed E-state index contributed by atoms with van der Waals surface area (Å²) in [6.45, 7) is 0.399. The van der Waals surface area contributed by atoms with Gasteiger partial charge in [-0.2, -0.15) is 0 Å². The van der Waals surface area contributed by atoms with Crippen LogP contribution in [0.25, 0.3) is 16.6 Å². The minimum Gasteiger partial charge on any atom is -0.350 e. The highest BCUT2D eigenvalue weighted by molar-refractivity contribution is 9.10. The topological polar surface area (TPSA) is 59.3 Å². The third-order valence-electron chi connectivity index (χ3n) is 4.00. The zero-order chi connectivity index (χ0) is 17.2. The molecule has 6 heteroatoms. The zero-order valence-electron chi connectivity index (χ0n) is 13.3. The molecule has 4 aromatic rings. The van der Waals surface area contributed by atoms with Crippen LogP contribution in [-0.4, -0.2) is 20.3 Å². The van der Waals surface area contributed by atoms with Gasteiger partial charge in [-0.25, -0.2) is 4.98 Å². The first-order valence-corrected chi connectivity index (χ1v) is 8.71. The Morgan fingerprint density at radius 2 is 2.00 bits per heavy atom. The molecule has 0 unspecified atom stereocenters. The number of halogens is 1. The number of benzene rings is 1. The van der Waals surface area contributed by atoms with E-state index in [2.05, 4.69) is 31.2 Å². The molecule has 1 aromatic carbocycles. The van der Waals surface area contributed by atoms with E-state index >= 15 is 0 Å². The van der Waals surface area contributed by atoms with E-state index in [1.54, 1.807) is 6.20 Å². The van der Waals surface area contributed by atoms with Crippen LogP contribution in [0.5, 0.6) is 0 Å². The molecular weight excluding hydrogens is 380 g/mol. The van der Waals surface area contributed by atoms with Gasteiger partial charge in [0.15, 0.2) is 0 Å². The minimum absolute atomic E-state index is 0.0450. The van der Waals surface area contributed by atoms with Gasteiger partial charge in [0.1, 0.15) is 5.65 Å². The predicted molar refractivity (Wildman–Crippen MR) is 100 cm³/mol. The second kappa shape index (κ2) is 6.64. The van der Waals surface area contributed by atoms with Crippen molar-refractivity contribution in [2.75, 3.05) is 0 Å². The normalized spacial score (nSPS) is 11.1. The third kappa shape index (κ3) is 3.39. The van der Waals surface area contributed by atoms with Crippen molar-refractivity contribution >= 4 is 38.4 Å². The van der Waals surface area contributed by atoms with E-state index in [1.807, 2.05) is 59.3 Å². The molecule has 3 heterocycles. The van der Waals surface area contributed by atoms with E-state index in [1.165, 1.54) is 0 Å². The third-order valence-corrected chi connectivity index (χ3v) is 4.47. The number of fused-ring (bicyclic) bond motifs is 2. The smallest absolute Gasteiger partial charge is 0.224 e. The highest BCUT2D eigenvalue weighted by Crippen LogP contribution is 2.16. The molecule has 0 spiro atoms. The molecule has 0 aliphatic rings. The van der Waals surface area contributed by atoms with Gasteiger partial charge in [0.2, 0.25) is 5.91 Å². The van der Waals surface area contributed by atoms with Crippen molar-refractivity contribution in [3.63, 3.8) is 0 Å². The van der Waals surface area contributed by atoms with Crippen LogP contribution in [-0.2, 0) is 17.8 Å². The standard InChI is InChI=1S/C19H15BrN4O/c20-15-6-7-17-23-16(12-24(17)11-15)10-22-18(25)9-14-4-1-3-13-5-2-8-21-19(13)14/h1-8,11-12H,9-10H2,(H,22,25). The van der Waals surface area contributed by atoms with E-state index in [9.17, 15) is 4.79 Å². The number of imidazole rings is 1. The van der Waals surface area contributed by atoms with E-state index in [0.717, 1.165) is 32.3 Å². The summed E-state index contributed by atoms with van der Waals surface area (Å²) in [7, 11) is 0. The lowest BCUT2D eigenvalue weighted by molar-refractivity contribution is -0.120. The van der Waals surface area contributed by atoms with Crippen LogP contribution in [0.2, 0.25) is 0 Å². The Kier molecular flexibility index (Phi) is 4.19. The molecule has 3 aromatic heterocycles. The molecule has 0 bridgehead atoms.